The number of carbonyl (C=O) groups is 1. The van der Waals surface area contributed by atoms with E-state index in [1.165, 1.54) is 18.2 Å². The molecule has 0 fully saturated rings. The summed E-state index contributed by atoms with van der Waals surface area (Å²) in [5.41, 5.74) is 2.27. The Kier molecular flexibility index (Phi) is 7.10. The average molecular weight is 392 g/mol. The molecule has 1 amide bonds. The standard InChI is InChI=1S/C20H25FN2O3S/c1-4-19(17-11-7-5-9-15(17)2)22-20(24)14-23(27(3,25)26)13-16-10-6-8-12-18(16)21/h5-12,19H,4,13-14H2,1-3H3,(H,22,24)/t19-/m1/s1. The van der Waals surface area contributed by atoms with Gasteiger partial charge in [-0.2, -0.15) is 4.31 Å². The summed E-state index contributed by atoms with van der Waals surface area (Å²) >= 11 is 0. The number of nitrogens with one attached hydrogen (secondary N) is 1. The van der Waals surface area contributed by atoms with E-state index in [9.17, 15) is 17.6 Å². The molecular weight excluding hydrogens is 367 g/mol. The predicted octanol–water partition coefficient (Wildman–Crippen LogP) is 3.16. The molecule has 0 unspecified atom stereocenters. The quantitative estimate of drug-likeness (QED) is 0.750. The number of hydrogen-bond acceptors (Lipinski definition) is 3. The summed E-state index contributed by atoms with van der Waals surface area (Å²) in [6.07, 6.45) is 1.68. The molecule has 0 bridgehead atoms. The summed E-state index contributed by atoms with van der Waals surface area (Å²) in [6.45, 7) is 3.35. The molecule has 0 saturated carbocycles. The number of benzene rings is 2. The van der Waals surface area contributed by atoms with Gasteiger partial charge in [0.25, 0.3) is 0 Å². The van der Waals surface area contributed by atoms with Crippen LogP contribution in [0, 0.1) is 12.7 Å². The second-order valence-electron chi connectivity index (χ2n) is 6.51. The molecule has 0 aromatic heterocycles. The molecule has 146 valence electrons. The van der Waals surface area contributed by atoms with Crippen LogP contribution in [0.3, 0.4) is 0 Å². The monoisotopic (exact) mass is 392 g/mol. The van der Waals surface area contributed by atoms with E-state index in [4.69, 9.17) is 0 Å². The number of amides is 1. The Bertz CT molecular complexity index is 900. The van der Waals surface area contributed by atoms with Gasteiger partial charge in [-0.3, -0.25) is 4.79 Å². The van der Waals surface area contributed by atoms with Crippen LogP contribution in [0.2, 0.25) is 0 Å². The van der Waals surface area contributed by atoms with E-state index in [1.807, 2.05) is 38.1 Å². The van der Waals surface area contributed by atoms with E-state index in [1.54, 1.807) is 6.07 Å². The summed E-state index contributed by atoms with van der Waals surface area (Å²) in [5.74, 6) is -0.926. The van der Waals surface area contributed by atoms with Gasteiger partial charge >= 0.3 is 0 Å². The maximum atomic E-state index is 13.9. The van der Waals surface area contributed by atoms with Crippen LogP contribution >= 0.6 is 0 Å². The third kappa shape index (κ3) is 5.87. The van der Waals surface area contributed by atoms with Crippen LogP contribution in [0.1, 0.15) is 36.1 Å². The largest absolute Gasteiger partial charge is 0.348 e. The molecular formula is C20H25FN2O3S. The van der Waals surface area contributed by atoms with Crippen molar-refractivity contribution >= 4 is 15.9 Å². The van der Waals surface area contributed by atoms with E-state index < -0.39 is 21.7 Å². The molecule has 0 aliphatic carbocycles. The lowest BCUT2D eigenvalue weighted by molar-refractivity contribution is -0.122. The van der Waals surface area contributed by atoms with Gasteiger partial charge in [-0.25, -0.2) is 12.8 Å². The fourth-order valence-corrected chi connectivity index (χ4v) is 3.61. The van der Waals surface area contributed by atoms with Crippen molar-refractivity contribution in [2.24, 2.45) is 0 Å². The van der Waals surface area contributed by atoms with Crippen molar-refractivity contribution in [3.8, 4) is 0 Å². The van der Waals surface area contributed by atoms with Crippen molar-refractivity contribution in [3.63, 3.8) is 0 Å². The molecule has 0 aliphatic heterocycles. The molecule has 0 saturated heterocycles. The van der Waals surface area contributed by atoms with E-state index in [-0.39, 0.29) is 24.7 Å². The number of carbonyl (C=O) groups excluding carboxylic acids is 1. The van der Waals surface area contributed by atoms with Crippen molar-refractivity contribution in [2.75, 3.05) is 12.8 Å². The first-order chi connectivity index (χ1) is 12.7. The summed E-state index contributed by atoms with van der Waals surface area (Å²) < 4.78 is 39.0. The second-order valence-corrected chi connectivity index (χ2v) is 8.49. The highest BCUT2D eigenvalue weighted by Gasteiger charge is 2.23. The normalized spacial score (nSPS) is 12.8. The van der Waals surface area contributed by atoms with Gasteiger partial charge in [-0.1, -0.05) is 49.4 Å². The molecule has 1 N–H and O–H groups in total. The number of aryl methyl sites for hydroxylation is 1. The highest BCUT2D eigenvalue weighted by atomic mass is 32.2. The Balaban J connectivity index is 2.14. The summed E-state index contributed by atoms with van der Waals surface area (Å²) in [6, 6.07) is 13.4. The highest BCUT2D eigenvalue weighted by Crippen LogP contribution is 2.20. The molecule has 0 spiro atoms. The average Bonchev–Trinajstić information content (AvgIpc) is 2.61. The molecule has 27 heavy (non-hydrogen) atoms. The van der Waals surface area contributed by atoms with Gasteiger partial charge in [-0.05, 0) is 30.5 Å². The minimum absolute atomic E-state index is 0.194. The van der Waals surface area contributed by atoms with Crippen molar-refractivity contribution in [3.05, 3.63) is 71.0 Å². The summed E-state index contributed by atoms with van der Waals surface area (Å²) in [5, 5.41) is 2.89. The molecule has 1 atom stereocenters. The fourth-order valence-electron chi connectivity index (χ4n) is 2.88. The van der Waals surface area contributed by atoms with Crippen LogP contribution in [-0.2, 0) is 21.4 Å². The molecule has 2 rings (SSSR count). The third-order valence-electron chi connectivity index (χ3n) is 4.40. The number of rotatable bonds is 8. The number of hydrogen-bond donors (Lipinski definition) is 1. The predicted molar refractivity (Wildman–Crippen MR) is 104 cm³/mol. The fraction of sp³-hybridized carbons (Fsp3) is 0.350. The smallest absolute Gasteiger partial charge is 0.235 e. The maximum absolute atomic E-state index is 13.9. The van der Waals surface area contributed by atoms with Crippen molar-refractivity contribution in [2.45, 2.75) is 32.9 Å². The molecule has 0 heterocycles. The minimum atomic E-state index is -3.68. The molecule has 0 aliphatic rings. The zero-order chi connectivity index (χ0) is 20.0. The van der Waals surface area contributed by atoms with Crippen LogP contribution in [0.5, 0.6) is 0 Å². The Hall–Kier alpha value is -2.25. The van der Waals surface area contributed by atoms with Crippen LogP contribution in [0.25, 0.3) is 0 Å². The lowest BCUT2D eigenvalue weighted by Gasteiger charge is -2.23. The first-order valence-corrected chi connectivity index (χ1v) is 10.6. The second kappa shape index (κ2) is 9.10. The Labute approximate surface area is 160 Å². The van der Waals surface area contributed by atoms with E-state index in [0.717, 1.165) is 21.7 Å². The zero-order valence-electron chi connectivity index (χ0n) is 15.8. The van der Waals surface area contributed by atoms with Crippen LogP contribution in [0.15, 0.2) is 48.5 Å². The van der Waals surface area contributed by atoms with Gasteiger partial charge in [0.05, 0.1) is 18.8 Å². The molecule has 2 aromatic rings. The van der Waals surface area contributed by atoms with Crippen molar-refractivity contribution in [1.29, 1.82) is 0 Å². The third-order valence-corrected chi connectivity index (χ3v) is 5.60. The number of sulfonamides is 1. The van der Waals surface area contributed by atoms with Crippen LogP contribution in [0.4, 0.5) is 4.39 Å². The molecule has 7 heteroatoms. The van der Waals surface area contributed by atoms with Crippen LogP contribution in [-0.4, -0.2) is 31.4 Å². The van der Waals surface area contributed by atoms with E-state index in [0.29, 0.717) is 6.42 Å². The van der Waals surface area contributed by atoms with Gasteiger partial charge < -0.3 is 5.32 Å². The van der Waals surface area contributed by atoms with Crippen molar-refractivity contribution < 1.29 is 17.6 Å². The maximum Gasteiger partial charge on any atom is 0.235 e. The Morgan fingerprint density at radius 3 is 2.37 bits per heavy atom. The Morgan fingerprint density at radius 1 is 1.15 bits per heavy atom. The molecule has 2 aromatic carbocycles. The molecule has 5 nitrogen and oxygen atoms in total. The summed E-state index contributed by atoms with van der Waals surface area (Å²) in [4.78, 5) is 12.5. The minimum Gasteiger partial charge on any atom is -0.348 e. The number of halogens is 1. The van der Waals surface area contributed by atoms with Gasteiger partial charge in [-0.15, -0.1) is 0 Å². The Morgan fingerprint density at radius 2 is 1.78 bits per heavy atom. The lowest BCUT2D eigenvalue weighted by Crippen LogP contribution is -2.41. The lowest BCUT2D eigenvalue weighted by atomic mass is 9.99. The number of nitrogens with zero attached hydrogens (tertiary/aromatic N) is 1. The zero-order valence-corrected chi connectivity index (χ0v) is 16.6. The SMILES string of the molecule is CC[C@@H](NC(=O)CN(Cc1ccccc1F)S(C)(=O)=O)c1ccccc1C. The van der Waals surface area contributed by atoms with Crippen molar-refractivity contribution in [1.82, 2.24) is 9.62 Å². The highest BCUT2D eigenvalue weighted by molar-refractivity contribution is 7.88. The first kappa shape index (κ1) is 21.1. The van der Waals surface area contributed by atoms with Crippen LogP contribution < -0.4 is 5.32 Å². The summed E-state index contributed by atoms with van der Waals surface area (Å²) in [7, 11) is -3.68. The topological polar surface area (TPSA) is 66.5 Å². The van der Waals surface area contributed by atoms with E-state index in [2.05, 4.69) is 5.32 Å². The van der Waals surface area contributed by atoms with Gasteiger partial charge in [0, 0.05) is 12.1 Å². The first-order valence-electron chi connectivity index (χ1n) is 8.75. The van der Waals surface area contributed by atoms with Gasteiger partial charge in [0.2, 0.25) is 15.9 Å². The molecule has 0 radical (unpaired) electrons. The van der Waals surface area contributed by atoms with Gasteiger partial charge in [0.1, 0.15) is 5.82 Å². The van der Waals surface area contributed by atoms with Gasteiger partial charge in [0.15, 0.2) is 0 Å². The van der Waals surface area contributed by atoms with E-state index >= 15 is 0 Å².